The number of hydrogen-bond acceptors (Lipinski definition) is 3. The molecule has 0 aliphatic carbocycles. The van der Waals surface area contributed by atoms with Crippen LogP contribution in [0.1, 0.15) is 59.8 Å². The third kappa shape index (κ3) is 8.03. The second kappa shape index (κ2) is 11.9. The van der Waals surface area contributed by atoms with Gasteiger partial charge in [0.2, 0.25) is 0 Å². The van der Waals surface area contributed by atoms with Gasteiger partial charge in [0.1, 0.15) is 0 Å². The standard InChI is InChI=1S/C14H30O3Si/c1-5-9-10-11-12-13-14-18(15-6-2,16-7-3)17-8-4/h13-14H,5-12H2,1-4H3. The summed E-state index contributed by atoms with van der Waals surface area (Å²) in [6.07, 6.45) is 8.38. The first-order chi connectivity index (χ1) is 8.74. The van der Waals surface area contributed by atoms with E-state index >= 15 is 0 Å². The Balaban J connectivity index is 4.22. The lowest BCUT2D eigenvalue weighted by Gasteiger charge is -2.25. The van der Waals surface area contributed by atoms with Crippen LogP contribution in [0.5, 0.6) is 0 Å². The first-order valence-electron chi connectivity index (χ1n) is 7.34. The van der Waals surface area contributed by atoms with Gasteiger partial charge >= 0.3 is 8.80 Å². The molecule has 0 saturated heterocycles. The second-order valence-corrected chi connectivity index (χ2v) is 6.56. The van der Waals surface area contributed by atoms with Crippen molar-refractivity contribution in [2.45, 2.75) is 59.8 Å². The van der Waals surface area contributed by atoms with Crippen molar-refractivity contribution in [1.82, 2.24) is 0 Å². The van der Waals surface area contributed by atoms with E-state index in [-0.39, 0.29) is 0 Å². The van der Waals surface area contributed by atoms with Gasteiger partial charge in [0, 0.05) is 19.8 Å². The Morgan fingerprint density at radius 1 is 0.778 bits per heavy atom. The first-order valence-corrected chi connectivity index (χ1v) is 9.14. The topological polar surface area (TPSA) is 27.7 Å². The summed E-state index contributed by atoms with van der Waals surface area (Å²) in [6.45, 7) is 10.1. The molecule has 0 amide bonds. The second-order valence-electron chi connectivity index (χ2n) is 4.15. The summed E-state index contributed by atoms with van der Waals surface area (Å²) < 4.78 is 17.2. The highest BCUT2D eigenvalue weighted by molar-refractivity contribution is 6.66. The lowest BCUT2D eigenvalue weighted by molar-refractivity contribution is 0.0842. The Labute approximate surface area is 114 Å². The molecule has 0 radical (unpaired) electrons. The molecule has 0 unspecified atom stereocenters. The normalized spacial score (nSPS) is 12.4. The molecule has 0 aromatic carbocycles. The van der Waals surface area contributed by atoms with E-state index in [1.807, 2.05) is 20.8 Å². The van der Waals surface area contributed by atoms with E-state index in [9.17, 15) is 0 Å². The molecule has 0 aliphatic rings. The Hall–Kier alpha value is -0.163. The number of allylic oxidation sites excluding steroid dienone is 1. The van der Waals surface area contributed by atoms with Crippen molar-refractivity contribution >= 4 is 8.80 Å². The molecule has 0 aromatic heterocycles. The molecule has 0 aliphatic heterocycles. The fourth-order valence-corrected chi connectivity index (χ4v) is 3.99. The van der Waals surface area contributed by atoms with E-state index in [1.54, 1.807) is 0 Å². The van der Waals surface area contributed by atoms with Gasteiger partial charge in [0.25, 0.3) is 0 Å². The van der Waals surface area contributed by atoms with Gasteiger partial charge in [-0.15, -0.1) is 0 Å². The van der Waals surface area contributed by atoms with E-state index < -0.39 is 8.80 Å². The summed E-state index contributed by atoms with van der Waals surface area (Å²) in [5.41, 5.74) is 2.05. The quantitative estimate of drug-likeness (QED) is 0.396. The summed E-state index contributed by atoms with van der Waals surface area (Å²) in [5.74, 6) is 0. The predicted molar refractivity (Wildman–Crippen MR) is 78.5 cm³/mol. The molecule has 0 heterocycles. The molecule has 4 heteroatoms. The van der Waals surface area contributed by atoms with Crippen molar-refractivity contribution in [1.29, 1.82) is 0 Å². The molecular formula is C14H30O3Si. The van der Waals surface area contributed by atoms with Gasteiger partial charge in [0.15, 0.2) is 0 Å². The van der Waals surface area contributed by atoms with Gasteiger partial charge in [-0.1, -0.05) is 32.3 Å². The minimum Gasteiger partial charge on any atom is -0.371 e. The van der Waals surface area contributed by atoms with E-state index in [0.29, 0.717) is 19.8 Å². The molecule has 0 rings (SSSR count). The molecule has 0 spiro atoms. The van der Waals surface area contributed by atoms with Crippen molar-refractivity contribution in [2.24, 2.45) is 0 Å². The van der Waals surface area contributed by atoms with Crippen LogP contribution in [-0.4, -0.2) is 28.6 Å². The largest absolute Gasteiger partial charge is 0.529 e. The Bertz CT molecular complexity index is 190. The maximum Gasteiger partial charge on any atom is 0.529 e. The number of unbranched alkanes of at least 4 members (excludes halogenated alkanes) is 4. The predicted octanol–water partition coefficient (Wildman–Crippen LogP) is 4.10. The SMILES string of the molecule is CCCCCCC=C[Si](OCC)(OCC)OCC. The van der Waals surface area contributed by atoms with E-state index in [2.05, 4.69) is 18.7 Å². The average molecular weight is 274 g/mol. The lowest BCUT2D eigenvalue weighted by Crippen LogP contribution is -2.44. The third-order valence-electron chi connectivity index (χ3n) is 2.58. The van der Waals surface area contributed by atoms with E-state index in [4.69, 9.17) is 13.3 Å². The smallest absolute Gasteiger partial charge is 0.371 e. The Morgan fingerprint density at radius 3 is 1.78 bits per heavy atom. The van der Waals surface area contributed by atoms with Gasteiger partial charge in [0.05, 0.1) is 0 Å². The molecular weight excluding hydrogens is 244 g/mol. The molecule has 18 heavy (non-hydrogen) atoms. The highest BCUT2D eigenvalue weighted by atomic mass is 28.4. The van der Waals surface area contributed by atoms with Crippen LogP contribution in [0.2, 0.25) is 0 Å². The summed E-state index contributed by atoms with van der Waals surface area (Å²) in [7, 11) is -2.54. The van der Waals surface area contributed by atoms with E-state index in [1.165, 1.54) is 25.7 Å². The lowest BCUT2D eigenvalue weighted by atomic mass is 10.2. The fourth-order valence-electron chi connectivity index (χ4n) is 1.79. The van der Waals surface area contributed by atoms with Crippen LogP contribution in [0, 0.1) is 0 Å². The van der Waals surface area contributed by atoms with Crippen LogP contribution in [0.15, 0.2) is 11.8 Å². The van der Waals surface area contributed by atoms with Crippen LogP contribution < -0.4 is 0 Å². The molecule has 0 saturated carbocycles. The van der Waals surface area contributed by atoms with Crippen LogP contribution in [-0.2, 0) is 13.3 Å². The van der Waals surface area contributed by atoms with Crippen molar-refractivity contribution in [2.75, 3.05) is 19.8 Å². The van der Waals surface area contributed by atoms with Gasteiger partial charge in [-0.05, 0) is 39.3 Å². The minimum absolute atomic E-state index is 0.631. The van der Waals surface area contributed by atoms with Crippen molar-refractivity contribution in [3.8, 4) is 0 Å². The van der Waals surface area contributed by atoms with Crippen molar-refractivity contribution in [3.63, 3.8) is 0 Å². The fraction of sp³-hybridized carbons (Fsp3) is 0.857. The van der Waals surface area contributed by atoms with Crippen LogP contribution >= 0.6 is 0 Å². The molecule has 108 valence electrons. The van der Waals surface area contributed by atoms with Gasteiger partial charge in [-0.2, -0.15) is 0 Å². The zero-order valence-corrected chi connectivity index (χ0v) is 13.5. The average Bonchev–Trinajstić information content (AvgIpc) is 2.35. The maximum atomic E-state index is 5.75. The molecule has 3 nitrogen and oxygen atoms in total. The highest BCUT2D eigenvalue weighted by Gasteiger charge is 2.37. The Morgan fingerprint density at radius 2 is 1.33 bits per heavy atom. The van der Waals surface area contributed by atoms with Crippen molar-refractivity contribution in [3.05, 3.63) is 11.8 Å². The van der Waals surface area contributed by atoms with Gasteiger partial charge in [-0.25, -0.2) is 0 Å². The summed E-state index contributed by atoms with van der Waals surface area (Å²) >= 11 is 0. The molecule has 0 aromatic rings. The number of rotatable bonds is 12. The zero-order chi connectivity index (χ0) is 13.7. The molecule has 0 bridgehead atoms. The summed E-state index contributed by atoms with van der Waals surface area (Å²) in [5, 5.41) is 0. The number of hydrogen-bond donors (Lipinski definition) is 0. The molecule has 0 fully saturated rings. The Kier molecular flexibility index (Phi) is 11.8. The first kappa shape index (κ1) is 17.8. The van der Waals surface area contributed by atoms with Crippen LogP contribution in [0.3, 0.4) is 0 Å². The molecule has 0 atom stereocenters. The van der Waals surface area contributed by atoms with Crippen molar-refractivity contribution < 1.29 is 13.3 Å². The highest BCUT2D eigenvalue weighted by Crippen LogP contribution is 2.13. The maximum absolute atomic E-state index is 5.75. The van der Waals surface area contributed by atoms with Gasteiger partial charge < -0.3 is 13.3 Å². The summed E-state index contributed by atoms with van der Waals surface area (Å²) in [6, 6.07) is 0. The van der Waals surface area contributed by atoms with Gasteiger partial charge in [-0.3, -0.25) is 0 Å². The van der Waals surface area contributed by atoms with Crippen LogP contribution in [0.4, 0.5) is 0 Å². The summed E-state index contributed by atoms with van der Waals surface area (Å²) in [4.78, 5) is 0. The van der Waals surface area contributed by atoms with Crippen LogP contribution in [0.25, 0.3) is 0 Å². The minimum atomic E-state index is -2.54. The molecule has 0 N–H and O–H groups in total. The van der Waals surface area contributed by atoms with E-state index in [0.717, 1.165) is 6.42 Å². The monoisotopic (exact) mass is 274 g/mol. The zero-order valence-electron chi connectivity index (χ0n) is 12.5. The third-order valence-corrected chi connectivity index (χ3v) is 5.30.